The standard InChI is InChI=1S/C16H17N3O2/c20-10-2-5-14-3-1-4-15(11-14)12-18-16(21)6-8-19-9-7-17-13-19/h1,3-4,7,9,11,13,20H,6,8,10,12H2,(H,18,21). The summed E-state index contributed by atoms with van der Waals surface area (Å²) in [5, 5.41) is 11.5. The third-order valence-electron chi connectivity index (χ3n) is 2.88. The Bertz CT molecular complexity index is 639. The van der Waals surface area contributed by atoms with Gasteiger partial charge in [-0.2, -0.15) is 0 Å². The Morgan fingerprint density at radius 1 is 1.43 bits per heavy atom. The van der Waals surface area contributed by atoms with Crippen LogP contribution in [-0.2, 0) is 17.9 Å². The number of carbonyl (C=O) groups is 1. The second-order valence-electron chi connectivity index (χ2n) is 4.49. The van der Waals surface area contributed by atoms with Crippen LogP contribution in [0.4, 0.5) is 0 Å². The van der Waals surface area contributed by atoms with E-state index in [4.69, 9.17) is 5.11 Å². The Hall–Kier alpha value is -2.58. The number of carbonyl (C=O) groups excluding carboxylic acids is 1. The van der Waals surface area contributed by atoms with Gasteiger partial charge in [-0.3, -0.25) is 4.79 Å². The number of hydrogen-bond donors (Lipinski definition) is 2. The number of aliphatic hydroxyl groups is 1. The Kier molecular flexibility index (Phi) is 5.56. The molecule has 1 aromatic heterocycles. The van der Waals surface area contributed by atoms with Gasteiger partial charge in [0.1, 0.15) is 6.61 Å². The molecule has 0 spiro atoms. The van der Waals surface area contributed by atoms with Crippen molar-refractivity contribution in [3.05, 3.63) is 54.1 Å². The van der Waals surface area contributed by atoms with Gasteiger partial charge in [-0.05, 0) is 17.7 Å². The maximum absolute atomic E-state index is 11.8. The molecule has 21 heavy (non-hydrogen) atoms. The van der Waals surface area contributed by atoms with Crippen molar-refractivity contribution < 1.29 is 9.90 Å². The van der Waals surface area contributed by atoms with Gasteiger partial charge in [0.15, 0.2) is 0 Å². The SMILES string of the molecule is O=C(CCn1ccnc1)NCc1cccc(C#CCO)c1. The Labute approximate surface area is 123 Å². The van der Waals surface area contributed by atoms with Crippen LogP contribution in [0.1, 0.15) is 17.5 Å². The number of nitrogens with one attached hydrogen (secondary N) is 1. The van der Waals surface area contributed by atoms with Gasteiger partial charge in [0.25, 0.3) is 0 Å². The van der Waals surface area contributed by atoms with Crippen LogP contribution in [0.15, 0.2) is 43.0 Å². The maximum atomic E-state index is 11.8. The van der Waals surface area contributed by atoms with Gasteiger partial charge < -0.3 is 15.0 Å². The molecule has 2 rings (SSSR count). The third kappa shape index (κ3) is 5.13. The molecule has 5 nitrogen and oxygen atoms in total. The Balaban J connectivity index is 1.80. The number of aliphatic hydroxyl groups excluding tert-OH is 1. The lowest BCUT2D eigenvalue weighted by Crippen LogP contribution is -2.23. The first-order valence-corrected chi connectivity index (χ1v) is 6.69. The summed E-state index contributed by atoms with van der Waals surface area (Å²) in [6, 6.07) is 7.58. The minimum absolute atomic E-state index is 0.00412. The average molecular weight is 283 g/mol. The number of aryl methyl sites for hydroxylation is 1. The van der Waals surface area contributed by atoms with E-state index in [-0.39, 0.29) is 12.5 Å². The Morgan fingerprint density at radius 2 is 2.33 bits per heavy atom. The zero-order chi connectivity index (χ0) is 14.9. The number of benzene rings is 1. The lowest BCUT2D eigenvalue weighted by atomic mass is 10.1. The highest BCUT2D eigenvalue weighted by Gasteiger charge is 2.02. The molecule has 0 saturated carbocycles. The minimum atomic E-state index is -0.158. The quantitative estimate of drug-likeness (QED) is 0.802. The first-order valence-electron chi connectivity index (χ1n) is 6.69. The summed E-state index contributed by atoms with van der Waals surface area (Å²) in [4.78, 5) is 15.7. The first kappa shape index (κ1) is 14.8. The third-order valence-corrected chi connectivity index (χ3v) is 2.88. The zero-order valence-electron chi connectivity index (χ0n) is 11.6. The fourth-order valence-corrected chi connectivity index (χ4v) is 1.84. The van der Waals surface area contributed by atoms with E-state index in [1.807, 2.05) is 35.0 Å². The molecule has 2 N–H and O–H groups in total. The highest BCUT2D eigenvalue weighted by molar-refractivity contribution is 5.75. The number of imidazole rings is 1. The maximum Gasteiger partial charge on any atom is 0.222 e. The van der Waals surface area contributed by atoms with Crippen LogP contribution in [0, 0.1) is 11.8 Å². The minimum Gasteiger partial charge on any atom is -0.384 e. The van der Waals surface area contributed by atoms with Gasteiger partial charge in [-0.1, -0.05) is 24.0 Å². The van der Waals surface area contributed by atoms with Gasteiger partial charge in [0, 0.05) is 37.5 Å². The molecule has 0 saturated heterocycles. The summed E-state index contributed by atoms with van der Waals surface area (Å²) < 4.78 is 1.87. The molecule has 0 radical (unpaired) electrons. The largest absolute Gasteiger partial charge is 0.384 e. The number of nitrogens with zero attached hydrogens (tertiary/aromatic N) is 2. The summed E-state index contributed by atoms with van der Waals surface area (Å²) in [6.07, 6.45) is 5.63. The molecule has 1 aromatic carbocycles. The van der Waals surface area contributed by atoms with E-state index in [0.717, 1.165) is 11.1 Å². The van der Waals surface area contributed by atoms with Crippen LogP contribution in [0.25, 0.3) is 0 Å². The molecule has 5 heteroatoms. The van der Waals surface area contributed by atoms with E-state index >= 15 is 0 Å². The van der Waals surface area contributed by atoms with Crippen LogP contribution >= 0.6 is 0 Å². The van der Waals surface area contributed by atoms with E-state index < -0.39 is 0 Å². The van der Waals surface area contributed by atoms with Crippen LogP contribution in [0.3, 0.4) is 0 Å². The second kappa shape index (κ2) is 7.88. The van der Waals surface area contributed by atoms with E-state index in [1.165, 1.54) is 0 Å². The fraction of sp³-hybridized carbons (Fsp3) is 0.250. The lowest BCUT2D eigenvalue weighted by molar-refractivity contribution is -0.121. The normalized spacial score (nSPS) is 9.76. The average Bonchev–Trinajstić information content (AvgIpc) is 3.03. The van der Waals surface area contributed by atoms with Crippen molar-refractivity contribution in [3.8, 4) is 11.8 Å². The number of hydrogen-bond acceptors (Lipinski definition) is 3. The van der Waals surface area contributed by atoms with Gasteiger partial charge in [0.05, 0.1) is 6.33 Å². The smallest absolute Gasteiger partial charge is 0.222 e. The molecule has 0 aliphatic carbocycles. The molecule has 0 unspecified atom stereocenters. The highest BCUT2D eigenvalue weighted by Crippen LogP contribution is 2.04. The topological polar surface area (TPSA) is 67.2 Å². The monoisotopic (exact) mass is 283 g/mol. The molecule has 0 bridgehead atoms. The molecule has 0 aliphatic rings. The van der Waals surface area contributed by atoms with E-state index in [1.54, 1.807) is 12.5 Å². The van der Waals surface area contributed by atoms with Crippen molar-refractivity contribution in [2.45, 2.75) is 19.5 Å². The fourth-order valence-electron chi connectivity index (χ4n) is 1.84. The van der Waals surface area contributed by atoms with Crippen LogP contribution in [-0.4, -0.2) is 27.2 Å². The van der Waals surface area contributed by atoms with Crippen LogP contribution in [0.5, 0.6) is 0 Å². The van der Waals surface area contributed by atoms with Crippen molar-refractivity contribution in [1.29, 1.82) is 0 Å². The number of amides is 1. The van der Waals surface area contributed by atoms with Gasteiger partial charge in [-0.15, -0.1) is 0 Å². The molecular formula is C16H17N3O2. The van der Waals surface area contributed by atoms with Crippen molar-refractivity contribution in [1.82, 2.24) is 14.9 Å². The summed E-state index contributed by atoms with van der Waals surface area (Å²) >= 11 is 0. The van der Waals surface area contributed by atoms with E-state index in [0.29, 0.717) is 19.5 Å². The molecular weight excluding hydrogens is 266 g/mol. The van der Waals surface area contributed by atoms with Gasteiger partial charge in [-0.25, -0.2) is 4.98 Å². The summed E-state index contributed by atoms with van der Waals surface area (Å²) in [5.74, 6) is 5.44. The molecule has 1 amide bonds. The Morgan fingerprint density at radius 3 is 3.10 bits per heavy atom. The molecule has 2 aromatic rings. The summed E-state index contributed by atoms with van der Waals surface area (Å²) in [6.45, 7) is 0.931. The first-order chi connectivity index (χ1) is 10.3. The second-order valence-corrected chi connectivity index (χ2v) is 4.49. The van der Waals surface area contributed by atoms with Gasteiger partial charge in [0.2, 0.25) is 5.91 Å². The van der Waals surface area contributed by atoms with E-state index in [9.17, 15) is 4.79 Å². The highest BCUT2D eigenvalue weighted by atomic mass is 16.2. The summed E-state index contributed by atoms with van der Waals surface area (Å²) in [7, 11) is 0. The predicted molar refractivity (Wildman–Crippen MR) is 79.1 cm³/mol. The van der Waals surface area contributed by atoms with E-state index in [2.05, 4.69) is 22.1 Å². The molecule has 0 atom stereocenters. The van der Waals surface area contributed by atoms with Crippen LogP contribution < -0.4 is 5.32 Å². The van der Waals surface area contributed by atoms with Crippen molar-refractivity contribution >= 4 is 5.91 Å². The number of aromatic nitrogens is 2. The number of rotatable bonds is 5. The molecule has 0 fully saturated rings. The molecule has 108 valence electrons. The van der Waals surface area contributed by atoms with Crippen molar-refractivity contribution in [2.75, 3.05) is 6.61 Å². The van der Waals surface area contributed by atoms with Crippen molar-refractivity contribution in [2.24, 2.45) is 0 Å². The van der Waals surface area contributed by atoms with Gasteiger partial charge >= 0.3 is 0 Å². The zero-order valence-corrected chi connectivity index (χ0v) is 11.6. The van der Waals surface area contributed by atoms with Crippen molar-refractivity contribution in [3.63, 3.8) is 0 Å². The summed E-state index contributed by atoms with van der Waals surface area (Å²) in [5.41, 5.74) is 1.81. The molecule has 1 heterocycles. The predicted octanol–water partition coefficient (Wildman–Crippen LogP) is 0.933. The molecule has 0 aliphatic heterocycles. The van der Waals surface area contributed by atoms with Crippen LogP contribution in [0.2, 0.25) is 0 Å². The lowest BCUT2D eigenvalue weighted by Gasteiger charge is -2.06.